The van der Waals surface area contributed by atoms with E-state index in [-0.39, 0.29) is 23.8 Å². The second-order valence-electron chi connectivity index (χ2n) is 5.73. The molecule has 2 aliphatic heterocycles. The van der Waals surface area contributed by atoms with E-state index in [1.54, 1.807) is 11.9 Å². The molecule has 0 spiro atoms. The van der Waals surface area contributed by atoms with Gasteiger partial charge in [-0.2, -0.15) is 0 Å². The Balaban J connectivity index is 2.02. The first-order valence-corrected chi connectivity index (χ1v) is 6.77. The van der Waals surface area contributed by atoms with Crippen LogP contribution in [0.4, 0.5) is 0 Å². The van der Waals surface area contributed by atoms with Crippen LogP contribution in [-0.4, -0.2) is 54.3 Å². The van der Waals surface area contributed by atoms with Crippen molar-refractivity contribution >= 4 is 11.8 Å². The molecule has 5 heteroatoms. The first kappa shape index (κ1) is 13.3. The van der Waals surface area contributed by atoms with Crippen molar-refractivity contribution in [2.45, 2.75) is 32.2 Å². The van der Waals surface area contributed by atoms with Crippen molar-refractivity contribution in [2.24, 2.45) is 17.6 Å². The van der Waals surface area contributed by atoms with E-state index in [9.17, 15) is 9.59 Å². The van der Waals surface area contributed by atoms with Crippen molar-refractivity contribution in [1.29, 1.82) is 0 Å². The number of carbonyl (C=O) groups excluding carboxylic acids is 2. The van der Waals surface area contributed by atoms with Gasteiger partial charge in [-0.1, -0.05) is 6.92 Å². The summed E-state index contributed by atoms with van der Waals surface area (Å²) in [6, 6.07) is 0.155. The molecule has 18 heavy (non-hydrogen) atoms. The van der Waals surface area contributed by atoms with Crippen molar-refractivity contribution in [3.05, 3.63) is 0 Å². The van der Waals surface area contributed by atoms with Crippen LogP contribution in [0, 0.1) is 11.8 Å². The second-order valence-corrected chi connectivity index (χ2v) is 5.73. The lowest BCUT2D eigenvalue weighted by Crippen LogP contribution is -2.51. The largest absolute Gasteiger partial charge is 0.345 e. The van der Waals surface area contributed by atoms with Gasteiger partial charge in [-0.15, -0.1) is 0 Å². The predicted molar refractivity (Wildman–Crippen MR) is 68.7 cm³/mol. The van der Waals surface area contributed by atoms with Crippen LogP contribution in [0.15, 0.2) is 0 Å². The van der Waals surface area contributed by atoms with Gasteiger partial charge < -0.3 is 15.5 Å². The quantitative estimate of drug-likeness (QED) is 0.756. The van der Waals surface area contributed by atoms with Crippen LogP contribution >= 0.6 is 0 Å². The number of rotatable bonds is 2. The summed E-state index contributed by atoms with van der Waals surface area (Å²) in [7, 11) is 1.76. The van der Waals surface area contributed by atoms with Gasteiger partial charge in [0.25, 0.3) is 0 Å². The smallest absolute Gasteiger partial charge is 0.228 e. The van der Waals surface area contributed by atoms with Crippen LogP contribution < -0.4 is 5.73 Å². The second kappa shape index (κ2) is 5.26. The van der Waals surface area contributed by atoms with Gasteiger partial charge in [-0.05, 0) is 18.8 Å². The lowest BCUT2D eigenvalue weighted by Gasteiger charge is -2.39. The van der Waals surface area contributed by atoms with E-state index in [2.05, 4.69) is 6.92 Å². The molecular formula is C13H23N3O2. The summed E-state index contributed by atoms with van der Waals surface area (Å²) in [4.78, 5) is 27.5. The van der Waals surface area contributed by atoms with Crippen molar-refractivity contribution in [3.63, 3.8) is 0 Å². The Hall–Kier alpha value is -1.10. The lowest BCUT2D eigenvalue weighted by atomic mass is 9.91. The molecular weight excluding hydrogens is 230 g/mol. The summed E-state index contributed by atoms with van der Waals surface area (Å²) in [5, 5.41) is 0. The van der Waals surface area contributed by atoms with Crippen LogP contribution in [-0.2, 0) is 9.59 Å². The summed E-state index contributed by atoms with van der Waals surface area (Å²) in [5.74, 6) is 0.665. The summed E-state index contributed by atoms with van der Waals surface area (Å²) in [6.45, 7) is 4.07. The molecule has 2 amide bonds. The highest BCUT2D eigenvalue weighted by Crippen LogP contribution is 2.26. The molecule has 2 fully saturated rings. The van der Waals surface area contributed by atoms with E-state index >= 15 is 0 Å². The molecule has 2 heterocycles. The third-order valence-corrected chi connectivity index (χ3v) is 4.22. The summed E-state index contributed by atoms with van der Waals surface area (Å²) in [6.07, 6.45) is 2.39. The number of hydrogen-bond donors (Lipinski definition) is 1. The molecule has 0 aromatic rings. The molecule has 0 radical (unpaired) electrons. The highest BCUT2D eigenvalue weighted by molar-refractivity contribution is 5.89. The maximum atomic E-state index is 12.5. The van der Waals surface area contributed by atoms with Crippen molar-refractivity contribution in [3.8, 4) is 0 Å². The number of carbonyl (C=O) groups is 2. The summed E-state index contributed by atoms with van der Waals surface area (Å²) >= 11 is 0. The zero-order chi connectivity index (χ0) is 13.3. The predicted octanol–water partition coefficient (Wildman–Crippen LogP) is 0.0505. The average molecular weight is 253 g/mol. The Morgan fingerprint density at radius 2 is 2.22 bits per heavy atom. The zero-order valence-electron chi connectivity index (χ0n) is 11.3. The maximum Gasteiger partial charge on any atom is 0.228 e. The molecule has 3 atom stereocenters. The molecule has 2 saturated heterocycles. The highest BCUT2D eigenvalue weighted by atomic mass is 16.2. The minimum Gasteiger partial charge on any atom is -0.345 e. The van der Waals surface area contributed by atoms with Crippen molar-refractivity contribution < 1.29 is 9.59 Å². The van der Waals surface area contributed by atoms with Crippen LogP contribution in [0.3, 0.4) is 0 Å². The van der Waals surface area contributed by atoms with Crippen LogP contribution in [0.25, 0.3) is 0 Å². The molecule has 3 unspecified atom stereocenters. The average Bonchev–Trinajstić information content (AvgIpc) is 2.68. The standard InChI is InChI=1S/C13H23N3O2/c1-9-3-4-16(11(5-9)7-14)13(18)10-6-12(17)15(2)8-10/h9-11H,3-8,14H2,1-2H3. The third-order valence-electron chi connectivity index (χ3n) is 4.22. The molecule has 2 rings (SSSR count). The van der Waals surface area contributed by atoms with E-state index in [0.717, 1.165) is 19.4 Å². The summed E-state index contributed by atoms with van der Waals surface area (Å²) < 4.78 is 0. The fourth-order valence-electron chi connectivity index (χ4n) is 3.03. The van der Waals surface area contributed by atoms with Gasteiger partial charge in [0.1, 0.15) is 0 Å². The third kappa shape index (κ3) is 2.51. The molecule has 0 aliphatic carbocycles. The highest BCUT2D eigenvalue weighted by Gasteiger charge is 2.38. The zero-order valence-corrected chi connectivity index (χ0v) is 11.3. The number of nitrogens with two attached hydrogens (primary N) is 1. The van der Waals surface area contributed by atoms with Crippen LogP contribution in [0.5, 0.6) is 0 Å². The Morgan fingerprint density at radius 3 is 2.78 bits per heavy atom. The Labute approximate surface area is 108 Å². The van der Waals surface area contributed by atoms with Crippen molar-refractivity contribution in [2.75, 3.05) is 26.7 Å². The Morgan fingerprint density at radius 1 is 1.50 bits per heavy atom. The van der Waals surface area contributed by atoms with E-state index < -0.39 is 0 Å². The minimum atomic E-state index is -0.162. The lowest BCUT2D eigenvalue weighted by molar-refractivity contribution is -0.139. The van der Waals surface area contributed by atoms with Crippen LogP contribution in [0.1, 0.15) is 26.2 Å². The van der Waals surface area contributed by atoms with Crippen molar-refractivity contribution in [1.82, 2.24) is 9.80 Å². The van der Waals surface area contributed by atoms with E-state index in [1.165, 1.54) is 0 Å². The number of nitrogens with zero attached hydrogens (tertiary/aromatic N) is 2. The van der Waals surface area contributed by atoms with Crippen LogP contribution in [0.2, 0.25) is 0 Å². The van der Waals surface area contributed by atoms with Gasteiger partial charge in [0.2, 0.25) is 11.8 Å². The maximum absolute atomic E-state index is 12.5. The minimum absolute atomic E-state index is 0.0722. The van der Waals surface area contributed by atoms with E-state index in [4.69, 9.17) is 5.73 Å². The van der Waals surface area contributed by atoms with Gasteiger partial charge in [0, 0.05) is 39.1 Å². The van der Waals surface area contributed by atoms with Gasteiger partial charge in [0.05, 0.1) is 5.92 Å². The molecule has 0 bridgehead atoms. The molecule has 0 saturated carbocycles. The first-order valence-electron chi connectivity index (χ1n) is 6.77. The topological polar surface area (TPSA) is 66.6 Å². The Kier molecular flexibility index (Phi) is 3.90. The van der Waals surface area contributed by atoms with E-state index in [0.29, 0.717) is 25.4 Å². The normalized spacial score (nSPS) is 33.1. The molecule has 0 aromatic carbocycles. The summed E-state index contributed by atoms with van der Waals surface area (Å²) in [5.41, 5.74) is 5.78. The van der Waals surface area contributed by atoms with Gasteiger partial charge in [-0.3, -0.25) is 9.59 Å². The molecule has 2 aliphatic rings. The Bertz CT molecular complexity index is 345. The van der Waals surface area contributed by atoms with Gasteiger partial charge >= 0.3 is 0 Å². The van der Waals surface area contributed by atoms with E-state index in [1.807, 2.05) is 4.90 Å². The number of likely N-dealkylation sites (tertiary alicyclic amines) is 2. The molecule has 5 nitrogen and oxygen atoms in total. The molecule has 102 valence electrons. The SMILES string of the molecule is CC1CCN(C(=O)C2CC(=O)N(C)C2)C(CN)C1. The fourth-order valence-corrected chi connectivity index (χ4v) is 3.03. The molecule has 0 aromatic heterocycles. The fraction of sp³-hybridized carbons (Fsp3) is 0.846. The van der Waals surface area contributed by atoms with Gasteiger partial charge in [-0.25, -0.2) is 0 Å². The monoisotopic (exact) mass is 253 g/mol. The number of amides is 2. The van der Waals surface area contributed by atoms with Gasteiger partial charge in [0.15, 0.2) is 0 Å². The molecule has 2 N–H and O–H groups in total. The number of hydrogen-bond acceptors (Lipinski definition) is 3. The number of piperidine rings is 1. The first-order chi connectivity index (χ1) is 8.52.